The van der Waals surface area contributed by atoms with Gasteiger partial charge in [0.2, 0.25) is 0 Å². The van der Waals surface area contributed by atoms with Crippen molar-refractivity contribution in [3.8, 4) is 0 Å². The molecule has 1 heterocycles. The van der Waals surface area contributed by atoms with Gasteiger partial charge in [0.15, 0.2) is 0 Å². The summed E-state index contributed by atoms with van der Waals surface area (Å²) in [6.45, 7) is 3.38. The minimum Gasteiger partial charge on any atom is -0.384 e. The molecular formula is C12H16Br2N2. The Bertz CT molecular complexity index is 349. The number of anilines is 1. The molecule has 2 N–H and O–H groups in total. The van der Waals surface area contributed by atoms with Gasteiger partial charge in [-0.2, -0.15) is 0 Å². The third-order valence-electron chi connectivity index (χ3n) is 2.97. The Morgan fingerprint density at radius 3 is 2.75 bits per heavy atom. The first-order valence-corrected chi connectivity index (χ1v) is 7.24. The zero-order chi connectivity index (χ0) is 11.4. The van der Waals surface area contributed by atoms with E-state index in [2.05, 4.69) is 54.6 Å². The van der Waals surface area contributed by atoms with Crippen LogP contribution in [0, 0.1) is 5.92 Å². The fraction of sp³-hybridized carbons (Fsp3) is 0.500. The van der Waals surface area contributed by atoms with Crippen LogP contribution in [0.1, 0.15) is 12.8 Å². The summed E-state index contributed by atoms with van der Waals surface area (Å²) < 4.78 is 2.24. The second-order valence-electron chi connectivity index (χ2n) is 4.20. The summed E-state index contributed by atoms with van der Waals surface area (Å²) >= 11 is 7.05. The second-order valence-corrected chi connectivity index (χ2v) is 5.97. The van der Waals surface area contributed by atoms with Gasteiger partial charge in [0.05, 0.1) is 0 Å². The molecule has 0 atom stereocenters. The van der Waals surface area contributed by atoms with Crippen molar-refractivity contribution in [1.82, 2.24) is 5.32 Å². The van der Waals surface area contributed by atoms with Gasteiger partial charge in [-0.05, 0) is 66.0 Å². The van der Waals surface area contributed by atoms with Crippen LogP contribution in [-0.4, -0.2) is 19.6 Å². The van der Waals surface area contributed by atoms with Gasteiger partial charge in [0.25, 0.3) is 0 Å². The van der Waals surface area contributed by atoms with Crippen LogP contribution in [-0.2, 0) is 0 Å². The minimum absolute atomic E-state index is 0.798. The highest BCUT2D eigenvalue weighted by Crippen LogP contribution is 2.26. The van der Waals surface area contributed by atoms with Crippen LogP contribution < -0.4 is 10.6 Å². The van der Waals surface area contributed by atoms with E-state index in [0.717, 1.165) is 34.5 Å². The van der Waals surface area contributed by atoms with Crippen LogP contribution in [0.5, 0.6) is 0 Å². The number of piperidine rings is 1. The maximum absolute atomic E-state index is 3.56. The normalized spacial score (nSPS) is 17.4. The summed E-state index contributed by atoms with van der Waals surface area (Å²) in [5.74, 6) is 0.798. The molecular weight excluding hydrogens is 332 g/mol. The number of rotatable bonds is 3. The van der Waals surface area contributed by atoms with Crippen LogP contribution in [0.25, 0.3) is 0 Å². The zero-order valence-electron chi connectivity index (χ0n) is 9.10. The van der Waals surface area contributed by atoms with E-state index < -0.39 is 0 Å². The average Bonchev–Trinajstić information content (AvgIpc) is 2.32. The van der Waals surface area contributed by atoms with Gasteiger partial charge in [-0.3, -0.25) is 0 Å². The molecule has 2 nitrogen and oxygen atoms in total. The quantitative estimate of drug-likeness (QED) is 0.872. The van der Waals surface area contributed by atoms with Gasteiger partial charge >= 0.3 is 0 Å². The molecule has 0 unspecified atom stereocenters. The molecule has 88 valence electrons. The van der Waals surface area contributed by atoms with Gasteiger partial charge in [-0.15, -0.1) is 0 Å². The van der Waals surface area contributed by atoms with Crippen LogP contribution >= 0.6 is 31.9 Å². The standard InChI is InChI=1S/C12H16Br2N2/c13-10-1-2-11(14)12(7-10)16-8-9-3-5-15-6-4-9/h1-2,7,9,15-16H,3-6,8H2. The molecule has 0 saturated carbocycles. The lowest BCUT2D eigenvalue weighted by molar-refractivity contribution is 0.390. The van der Waals surface area contributed by atoms with Crippen LogP contribution in [0.3, 0.4) is 0 Å². The number of nitrogens with one attached hydrogen (secondary N) is 2. The lowest BCUT2D eigenvalue weighted by Gasteiger charge is -2.23. The van der Waals surface area contributed by atoms with Crippen molar-refractivity contribution < 1.29 is 0 Å². The molecule has 0 aliphatic carbocycles. The smallest absolute Gasteiger partial charge is 0.0496 e. The summed E-state index contributed by atoms with van der Waals surface area (Å²) in [4.78, 5) is 0. The Kier molecular flexibility index (Phi) is 4.67. The Hall–Kier alpha value is -0.0600. The fourth-order valence-electron chi connectivity index (χ4n) is 1.97. The van der Waals surface area contributed by atoms with Crippen molar-refractivity contribution in [2.45, 2.75) is 12.8 Å². The summed E-state index contributed by atoms with van der Waals surface area (Å²) in [7, 11) is 0. The Morgan fingerprint density at radius 1 is 1.25 bits per heavy atom. The largest absolute Gasteiger partial charge is 0.384 e. The Labute approximate surface area is 113 Å². The molecule has 0 amide bonds. The first-order valence-electron chi connectivity index (χ1n) is 5.65. The molecule has 1 aromatic carbocycles. The zero-order valence-corrected chi connectivity index (χ0v) is 12.3. The molecule has 1 fully saturated rings. The van der Waals surface area contributed by atoms with E-state index in [1.807, 2.05) is 6.07 Å². The minimum atomic E-state index is 0.798. The summed E-state index contributed by atoms with van der Waals surface area (Å²) in [6, 6.07) is 6.22. The van der Waals surface area contributed by atoms with Crippen molar-refractivity contribution in [3.05, 3.63) is 27.1 Å². The molecule has 4 heteroatoms. The summed E-state index contributed by atoms with van der Waals surface area (Å²) in [6.07, 6.45) is 2.55. The predicted molar refractivity (Wildman–Crippen MR) is 75.9 cm³/mol. The van der Waals surface area contributed by atoms with Gasteiger partial charge in [0, 0.05) is 21.2 Å². The monoisotopic (exact) mass is 346 g/mol. The van der Waals surface area contributed by atoms with Crippen molar-refractivity contribution in [1.29, 1.82) is 0 Å². The van der Waals surface area contributed by atoms with E-state index in [1.54, 1.807) is 0 Å². The van der Waals surface area contributed by atoms with E-state index in [-0.39, 0.29) is 0 Å². The SMILES string of the molecule is Brc1ccc(Br)c(NCC2CCNCC2)c1. The number of hydrogen-bond donors (Lipinski definition) is 2. The van der Waals surface area contributed by atoms with E-state index in [1.165, 1.54) is 18.5 Å². The lowest BCUT2D eigenvalue weighted by Crippen LogP contribution is -2.31. The molecule has 0 aromatic heterocycles. The fourth-order valence-corrected chi connectivity index (χ4v) is 2.72. The molecule has 16 heavy (non-hydrogen) atoms. The first-order chi connectivity index (χ1) is 7.75. The highest BCUT2D eigenvalue weighted by Gasteiger charge is 2.12. The highest BCUT2D eigenvalue weighted by molar-refractivity contribution is 9.11. The average molecular weight is 348 g/mol. The highest BCUT2D eigenvalue weighted by atomic mass is 79.9. The van der Waals surface area contributed by atoms with Crippen molar-refractivity contribution in [2.75, 3.05) is 25.0 Å². The molecule has 1 aliphatic rings. The molecule has 1 aromatic rings. The van der Waals surface area contributed by atoms with Crippen molar-refractivity contribution in [2.24, 2.45) is 5.92 Å². The number of halogens is 2. The van der Waals surface area contributed by atoms with Crippen LogP contribution in [0.4, 0.5) is 5.69 Å². The maximum Gasteiger partial charge on any atom is 0.0496 e. The van der Waals surface area contributed by atoms with E-state index in [0.29, 0.717) is 0 Å². The maximum atomic E-state index is 3.56. The van der Waals surface area contributed by atoms with E-state index >= 15 is 0 Å². The topological polar surface area (TPSA) is 24.1 Å². The Balaban J connectivity index is 1.90. The number of benzene rings is 1. The third-order valence-corrected chi connectivity index (χ3v) is 4.15. The van der Waals surface area contributed by atoms with Crippen LogP contribution in [0.2, 0.25) is 0 Å². The van der Waals surface area contributed by atoms with Crippen LogP contribution in [0.15, 0.2) is 27.1 Å². The number of hydrogen-bond acceptors (Lipinski definition) is 2. The van der Waals surface area contributed by atoms with Crippen molar-refractivity contribution in [3.63, 3.8) is 0 Å². The summed E-state index contributed by atoms with van der Waals surface area (Å²) in [5.41, 5.74) is 1.17. The predicted octanol–water partition coefficient (Wildman–Crippen LogP) is 3.62. The Morgan fingerprint density at radius 2 is 2.00 bits per heavy atom. The molecule has 0 spiro atoms. The second kappa shape index (κ2) is 6.03. The molecule has 0 radical (unpaired) electrons. The summed E-state index contributed by atoms with van der Waals surface area (Å²) in [5, 5.41) is 6.91. The molecule has 1 aliphatic heterocycles. The van der Waals surface area contributed by atoms with Gasteiger partial charge < -0.3 is 10.6 Å². The van der Waals surface area contributed by atoms with Gasteiger partial charge in [-0.1, -0.05) is 15.9 Å². The molecule has 0 bridgehead atoms. The third kappa shape index (κ3) is 3.47. The molecule has 2 rings (SSSR count). The van der Waals surface area contributed by atoms with Gasteiger partial charge in [-0.25, -0.2) is 0 Å². The van der Waals surface area contributed by atoms with E-state index in [4.69, 9.17) is 0 Å². The van der Waals surface area contributed by atoms with Gasteiger partial charge in [0.1, 0.15) is 0 Å². The van der Waals surface area contributed by atoms with Crippen molar-refractivity contribution >= 4 is 37.5 Å². The first kappa shape index (κ1) is 12.4. The van der Waals surface area contributed by atoms with E-state index in [9.17, 15) is 0 Å². The molecule has 1 saturated heterocycles. The lowest BCUT2D eigenvalue weighted by atomic mass is 9.98.